The number of anilines is 1. The minimum atomic E-state index is -0.243. The largest absolute Gasteiger partial charge is 0.392 e. The molecule has 2 nitrogen and oxygen atoms in total. The molecule has 0 heterocycles. The van der Waals surface area contributed by atoms with Crippen LogP contribution in [0.4, 0.5) is 10.1 Å². The summed E-state index contributed by atoms with van der Waals surface area (Å²) in [4.78, 5) is 0. The van der Waals surface area contributed by atoms with Crippen LogP contribution in [0.15, 0.2) is 46.9 Å². The number of benzene rings is 2. The lowest BCUT2D eigenvalue weighted by Crippen LogP contribution is -2.04. The van der Waals surface area contributed by atoms with Crippen LogP contribution in [0, 0.1) is 5.82 Å². The number of para-hydroxylation sites is 1. The summed E-state index contributed by atoms with van der Waals surface area (Å²) in [5.74, 6) is -0.243. The molecule has 0 fully saturated rings. The number of aliphatic hydroxyl groups excluding tert-OH is 1. The molecule has 0 aliphatic rings. The Hall–Kier alpha value is -1.39. The molecule has 0 radical (unpaired) electrons. The van der Waals surface area contributed by atoms with E-state index in [1.165, 1.54) is 6.07 Å². The van der Waals surface area contributed by atoms with Gasteiger partial charge in [0, 0.05) is 27.8 Å². The van der Waals surface area contributed by atoms with Crippen molar-refractivity contribution < 1.29 is 9.50 Å². The highest BCUT2D eigenvalue weighted by molar-refractivity contribution is 9.10. The van der Waals surface area contributed by atoms with Crippen LogP contribution in [0.5, 0.6) is 0 Å². The van der Waals surface area contributed by atoms with E-state index in [1.54, 1.807) is 12.1 Å². The second-order valence-electron chi connectivity index (χ2n) is 3.90. The van der Waals surface area contributed by atoms with Crippen molar-refractivity contribution >= 4 is 21.6 Å². The highest BCUT2D eigenvalue weighted by Crippen LogP contribution is 2.19. The van der Waals surface area contributed by atoms with Crippen molar-refractivity contribution in [2.45, 2.75) is 13.2 Å². The molecule has 0 aromatic heterocycles. The first-order valence-corrected chi connectivity index (χ1v) is 6.36. The molecule has 0 unspecified atom stereocenters. The summed E-state index contributed by atoms with van der Waals surface area (Å²) in [6, 6.07) is 12.3. The van der Waals surface area contributed by atoms with E-state index in [2.05, 4.69) is 21.2 Å². The van der Waals surface area contributed by atoms with Gasteiger partial charge >= 0.3 is 0 Å². The zero-order chi connectivity index (χ0) is 13.0. The maximum Gasteiger partial charge on any atom is 0.128 e. The van der Waals surface area contributed by atoms with E-state index in [9.17, 15) is 9.50 Å². The van der Waals surface area contributed by atoms with Gasteiger partial charge in [-0.15, -0.1) is 0 Å². The Balaban J connectivity index is 2.14. The van der Waals surface area contributed by atoms with Crippen LogP contribution in [-0.4, -0.2) is 5.11 Å². The van der Waals surface area contributed by atoms with E-state index < -0.39 is 0 Å². The third kappa shape index (κ3) is 3.09. The highest BCUT2D eigenvalue weighted by atomic mass is 79.9. The van der Waals surface area contributed by atoms with Crippen LogP contribution >= 0.6 is 15.9 Å². The number of nitrogens with one attached hydrogen (secondary N) is 1. The van der Waals surface area contributed by atoms with Crippen molar-refractivity contribution in [2.24, 2.45) is 0 Å². The first-order chi connectivity index (χ1) is 8.70. The van der Waals surface area contributed by atoms with Gasteiger partial charge in [-0.3, -0.25) is 0 Å². The second kappa shape index (κ2) is 5.98. The van der Waals surface area contributed by atoms with Gasteiger partial charge in [0.1, 0.15) is 5.82 Å². The van der Waals surface area contributed by atoms with E-state index in [1.807, 2.05) is 24.3 Å². The van der Waals surface area contributed by atoms with Gasteiger partial charge in [0.05, 0.1) is 6.61 Å². The summed E-state index contributed by atoms with van der Waals surface area (Å²) >= 11 is 3.32. The molecule has 0 saturated carbocycles. The predicted octanol–water partition coefficient (Wildman–Crippen LogP) is 3.69. The molecule has 0 atom stereocenters. The van der Waals surface area contributed by atoms with E-state index in [4.69, 9.17) is 0 Å². The van der Waals surface area contributed by atoms with Crippen molar-refractivity contribution in [1.82, 2.24) is 0 Å². The highest BCUT2D eigenvalue weighted by Gasteiger charge is 2.04. The van der Waals surface area contributed by atoms with Crippen LogP contribution in [0.25, 0.3) is 0 Å². The zero-order valence-corrected chi connectivity index (χ0v) is 11.2. The number of halogens is 2. The van der Waals surface area contributed by atoms with Crippen molar-refractivity contribution in [3.05, 3.63) is 63.9 Å². The minimum absolute atomic E-state index is 0.0376. The first kappa shape index (κ1) is 13.1. The van der Waals surface area contributed by atoms with E-state index in [0.29, 0.717) is 12.1 Å². The lowest BCUT2D eigenvalue weighted by molar-refractivity contribution is 0.282. The summed E-state index contributed by atoms with van der Waals surface area (Å²) in [6.07, 6.45) is 0. The Morgan fingerprint density at radius 2 is 1.89 bits per heavy atom. The van der Waals surface area contributed by atoms with Gasteiger partial charge in [-0.2, -0.15) is 0 Å². The molecule has 0 aliphatic carbocycles. The number of hydrogen-bond donors (Lipinski definition) is 2. The van der Waals surface area contributed by atoms with Crippen molar-refractivity contribution in [3.8, 4) is 0 Å². The van der Waals surface area contributed by atoms with Crippen LogP contribution in [0.2, 0.25) is 0 Å². The molecule has 2 aromatic rings. The zero-order valence-electron chi connectivity index (χ0n) is 9.66. The van der Waals surface area contributed by atoms with Crippen molar-refractivity contribution in [1.29, 1.82) is 0 Å². The molecular formula is C14H13BrFNO. The molecule has 0 aliphatic heterocycles. The number of hydrogen-bond acceptors (Lipinski definition) is 2. The third-order valence-corrected chi connectivity index (χ3v) is 3.16. The molecule has 94 valence electrons. The Kier molecular flexibility index (Phi) is 4.33. The van der Waals surface area contributed by atoms with E-state index in [0.717, 1.165) is 15.7 Å². The molecule has 0 saturated heterocycles. The standard InChI is InChI=1S/C14H13BrFNO/c15-12-5-6-13(16)11(7-12)8-17-14-4-2-1-3-10(14)9-18/h1-7,17-18H,8-9H2. The van der Waals surface area contributed by atoms with Gasteiger partial charge < -0.3 is 10.4 Å². The summed E-state index contributed by atoms with van der Waals surface area (Å²) in [7, 11) is 0. The molecule has 0 spiro atoms. The third-order valence-electron chi connectivity index (χ3n) is 2.66. The monoisotopic (exact) mass is 309 g/mol. The van der Waals surface area contributed by atoms with Crippen molar-refractivity contribution in [3.63, 3.8) is 0 Å². The van der Waals surface area contributed by atoms with Gasteiger partial charge in [-0.25, -0.2) is 4.39 Å². The SMILES string of the molecule is OCc1ccccc1NCc1cc(Br)ccc1F. The first-order valence-electron chi connectivity index (χ1n) is 5.57. The van der Waals surface area contributed by atoms with Crippen molar-refractivity contribution in [2.75, 3.05) is 5.32 Å². The summed E-state index contributed by atoms with van der Waals surface area (Å²) in [5.41, 5.74) is 2.20. The fraction of sp³-hybridized carbons (Fsp3) is 0.143. The molecule has 2 aromatic carbocycles. The summed E-state index contributed by atoms with van der Waals surface area (Å²) in [5, 5.41) is 12.3. The topological polar surface area (TPSA) is 32.3 Å². The van der Waals surface area contributed by atoms with Crippen LogP contribution in [-0.2, 0) is 13.2 Å². The lowest BCUT2D eigenvalue weighted by Gasteiger charge is -2.11. The smallest absolute Gasteiger partial charge is 0.128 e. The quantitative estimate of drug-likeness (QED) is 0.902. The van der Waals surface area contributed by atoms with Crippen LogP contribution in [0.3, 0.4) is 0 Å². The Labute approximate surface area is 114 Å². The Morgan fingerprint density at radius 1 is 1.11 bits per heavy atom. The van der Waals surface area contributed by atoms with Gasteiger partial charge in [-0.05, 0) is 24.3 Å². The molecule has 0 amide bonds. The average molecular weight is 310 g/mol. The Morgan fingerprint density at radius 3 is 2.67 bits per heavy atom. The van der Waals surface area contributed by atoms with Crippen LogP contribution < -0.4 is 5.32 Å². The van der Waals surface area contributed by atoms with Gasteiger partial charge in [0.2, 0.25) is 0 Å². The summed E-state index contributed by atoms with van der Waals surface area (Å²) in [6.45, 7) is 0.340. The fourth-order valence-corrected chi connectivity index (χ4v) is 2.11. The van der Waals surface area contributed by atoms with Gasteiger partial charge in [0.25, 0.3) is 0 Å². The molecule has 2 N–H and O–H groups in total. The Bertz CT molecular complexity index is 545. The summed E-state index contributed by atoms with van der Waals surface area (Å²) < 4.78 is 14.4. The molecule has 4 heteroatoms. The van der Waals surface area contributed by atoms with Gasteiger partial charge in [-0.1, -0.05) is 34.1 Å². The maximum atomic E-state index is 13.5. The minimum Gasteiger partial charge on any atom is -0.392 e. The predicted molar refractivity (Wildman–Crippen MR) is 73.8 cm³/mol. The van der Waals surface area contributed by atoms with Crippen LogP contribution in [0.1, 0.15) is 11.1 Å². The van der Waals surface area contributed by atoms with E-state index in [-0.39, 0.29) is 12.4 Å². The molecule has 18 heavy (non-hydrogen) atoms. The molecule has 0 bridgehead atoms. The molecular weight excluding hydrogens is 297 g/mol. The fourth-order valence-electron chi connectivity index (χ4n) is 1.70. The molecule has 2 rings (SSSR count). The maximum absolute atomic E-state index is 13.5. The number of aliphatic hydroxyl groups is 1. The van der Waals surface area contributed by atoms with E-state index >= 15 is 0 Å². The number of rotatable bonds is 4. The lowest BCUT2D eigenvalue weighted by atomic mass is 10.1. The second-order valence-corrected chi connectivity index (χ2v) is 4.82. The normalized spacial score (nSPS) is 10.4. The van der Waals surface area contributed by atoms with Gasteiger partial charge in [0.15, 0.2) is 0 Å². The average Bonchev–Trinajstić information content (AvgIpc) is 2.40.